The molecule has 0 saturated carbocycles. The molecule has 0 bridgehead atoms. The Bertz CT molecular complexity index is 584. The molecule has 3 rings (SSSR count). The van der Waals surface area contributed by atoms with E-state index in [4.69, 9.17) is 10.5 Å². The molecule has 110 valence electrons. The SMILES string of the molecule is Nc1ccc(SNc2cc(N3CCOCC3)ccn2)cc1. The number of hydrogen-bond donors (Lipinski definition) is 2. The average Bonchev–Trinajstić information content (AvgIpc) is 2.55. The van der Waals surface area contributed by atoms with Gasteiger partial charge < -0.3 is 20.1 Å². The molecular formula is C15H18N4OS. The normalized spacial score (nSPS) is 15.0. The molecule has 1 aromatic heterocycles. The van der Waals surface area contributed by atoms with E-state index in [0.717, 1.165) is 42.7 Å². The second kappa shape index (κ2) is 6.69. The Hall–Kier alpha value is -1.92. The number of morpholine rings is 1. The zero-order chi connectivity index (χ0) is 14.5. The molecule has 0 spiro atoms. The molecule has 1 fully saturated rings. The van der Waals surface area contributed by atoms with Gasteiger partial charge >= 0.3 is 0 Å². The predicted molar refractivity (Wildman–Crippen MR) is 87.6 cm³/mol. The van der Waals surface area contributed by atoms with Gasteiger partial charge in [0, 0.05) is 41.6 Å². The highest BCUT2D eigenvalue weighted by molar-refractivity contribution is 8.00. The van der Waals surface area contributed by atoms with Crippen LogP contribution in [0.15, 0.2) is 47.5 Å². The monoisotopic (exact) mass is 302 g/mol. The number of nitrogens with zero attached hydrogens (tertiary/aromatic N) is 2. The van der Waals surface area contributed by atoms with Crippen molar-refractivity contribution in [2.75, 3.05) is 41.7 Å². The first kappa shape index (κ1) is 14.0. The number of nitrogen functional groups attached to an aromatic ring is 1. The van der Waals surface area contributed by atoms with Crippen molar-refractivity contribution in [1.82, 2.24) is 4.98 Å². The maximum Gasteiger partial charge on any atom is 0.138 e. The van der Waals surface area contributed by atoms with E-state index >= 15 is 0 Å². The lowest BCUT2D eigenvalue weighted by atomic mass is 10.3. The lowest BCUT2D eigenvalue weighted by molar-refractivity contribution is 0.122. The summed E-state index contributed by atoms with van der Waals surface area (Å²) in [6.07, 6.45) is 1.83. The van der Waals surface area contributed by atoms with Gasteiger partial charge in [0.2, 0.25) is 0 Å². The first-order valence-electron chi connectivity index (χ1n) is 6.88. The Morgan fingerprint density at radius 2 is 1.90 bits per heavy atom. The molecule has 2 aromatic rings. The zero-order valence-corrected chi connectivity index (χ0v) is 12.5. The summed E-state index contributed by atoms with van der Waals surface area (Å²) in [7, 11) is 0. The van der Waals surface area contributed by atoms with E-state index in [1.807, 2.05) is 36.5 Å². The van der Waals surface area contributed by atoms with E-state index in [0.29, 0.717) is 0 Å². The molecule has 1 aromatic carbocycles. The number of aromatic nitrogens is 1. The fraction of sp³-hybridized carbons (Fsp3) is 0.267. The molecule has 1 saturated heterocycles. The van der Waals surface area contributed by atoms with Crippen LogP contribution in [0, 0.1) is 0 Å². The van der Waals surface area contributed by atoms with E-state index in [1.54, 1.807) is 0 Å². The summed E-state index contributed by atoms with van der Waals surface area (Å²) in [5.41, 5.74) is 7.62. The number of nitrogens with two attached hydrogens (primary N) is 1. The topological polar surface area (TPSA) is 63.4 Å². The van der Waals surface area contributed by atoms with Crippen molar-refractivity contribution in [2.24, 2.45) is 0 Å². The van der Waals surface area contributed by atoms with Crippen LogP contribution >= 0.6 is 11.9 Å². The minimum Gasteiger partial charge on any atom is -0.399 e. The van der Waals surface area contributed by atoms with Crippen LogP contribution < -0.4 is 15.4 Å². The number of anilines is 3. The summed E-state index contributed by atoms with van der Waals surface area (Å²) >= 11 is 1.53. The van der Waals surface area contributed by atoms with Crippen LogP contribution in [0.2, 0.25) is 0 Å². The molecule has 1 aliphatic rings. The maximum absolute atomic E-state index is 5.68. The molecule has 5 nitrogen and oxygen atoms in total. The van der Waals surface area contributed by atoms with Crippen LogP contribution in [0.1, 0.15) is 0 Å². The molecule has 0 radical (unpaired) electrons. The Labute approximate surface area is 128 Å². The molecule has 6 heteroatoms. The highest BCUT2D eigenvalue weighted by atomic mass is 32.2. The Kier molecular flexibility index (Phi) is 4.47. The fourth-order valence-electron chi connectivity index (χ4n) is 2.14. The molecule has 0 atom stereocenters. The summed E-state index contributed by atoms with van der Waals surface area (Å²) in [5, 5.41) is 0. The van der Waals surface area contributed by atoms with Gasteiger partial charge in [0.05, 0.1) is 13.2 Å². The van der Waals surface area contributed by atoms with Gasteiger partial charge in [-0.05, 0) is 42.3 Å². The standard InChI is InChI=1S/C15H18N4OS/c16-12-1-3-14(4-2-12)21-18-15-11-13(5-6-17-15)19-7-9-20-10-8-19/h1-6,11H,7-10,16H2,(H,17,18). The minimum absolute atomic E-state index is 0.770. The lowest BCUT2D eigenvalue weighted by Gasteiger charge is -2.28. The smallest absolute Gasteiger partial charge is 0.138 e. The summed E-state index contributed by atoms with van der Waals surface area (Å²) < 4.78 is 8.65. The van der Waals surface area contributed by atoms with Gasteiger partial charge in [-0.15, -0.1) is 0 Å². The average molecular weight is 302 g/mol. The van der Waals surface area contributed by atoms with E-state index in [-0.39, 0.29) is 0 Å². The number of ether oxygens (including phenoxy) is 1. The van der Waals surface area contributed by atoms with Gasteiger partial charge in [0.1, 0.15) is 5.82 Å². The quantitative estimate of drug-likeness (QED) is 0.668. The van der Waals surface area contributed by atoms with Crippen molar-refractivity contribution in [3.05, 3.63) is 42.6 Å². The Morgan fingerprint density at radius 3 is 2.67 bits per heavy atom. The van der Waals surface area contributed by atoms with Crippen molar-refractivity contribution in [1.29, 1.82) is 0 Å². The van der Waals surface area contributed by atoms with E-state index < -0.39 is 0 Å². The number of benzene rings is 1. The van der Waals surface area contributed by atoms with Gasteiger partial charge in [0.15, 0.2) is 0 Å². The number of nitrogens with one attached hydrogen (secondary N) is 1. The molecule has 0 amide bonds. The molecule has 21 heavy (non-hydrogen) atoms. The van der Waals surface area contributed by atoms with Gasteiger partial charge in [-0.2, -0.15) is 0 Å². The largest absolute Gasteiger partial charge is 0.399 e. The third-order valence-electron chi connectivity index (χ3n) is 3.27. The third kappa shape index (κ3) is 3.80. The minimum atomic E-state index is 0.770. The van der Waals surface area contributed by atoms with Crippen molar-refractivity contribution in [2.45, 2.75) is 4.90 Å². The van der Waals surface area contributed by atoms with Gasteiger partial charge in [-0.3, -0.25) is 0 Å². The van der Waals surface area contributed by atoms with Crippen LogP contribution in [0.25, 0.3) is 0 Å². The maximum atomic E-state index is 5.68. The second-order valence-corrected chi connectivity index (χ2v) is 5.65. The van der Waals surface area contributed by atoms with Crippen LogP contribution in [0.3, 0.4) is 0 Å². The first-order chi connectivity index (χ1) is 10.3. The van der Waals surface area contributed by atoms with E-state index in [1.165, 1.54) is 17.6 Å². The van der Waals surface area contributed by atoms with E-state index in [9.17, 15) is 0 Å². The molecule has 2 heterocycles. The highest BCUT2D eigenvalue weighted by Gasteiger charge is 2.11. The van der Waals surface area contributed by atoms with Gasteiger partial charge in [-0.25, -0.2) is 4.98 Å². The summed E-state index contributed by atoms with van der Waals surface area (Å²) in [6.45, 7) is 3.42. The van der Waals surface area contributed by atoms with Crippen molar-refractivity contribution in [3.8, 4) is 0 Å². The molecule has 0 aliphatic carbocycles. The summed E-state index contributed by atoms with van der Waals surface area (Å²) in [6, 6.07) is 11.8. The number of hydrogen-bond acceptors (Lipinski definition) is 6. The van der Waals surface area contributed by atoms with Crippen LogP contribution in [0.4, 0.5) is 17.2 Å². The second-order valence-electron chi connectivity index (χ2n) is 4.77. The van der Waals surface area contributed by atoms with Crippen molar-refractivity contribution < 1.29 is 4.74 Å². The van der Waals surface area contributed by atoms with E-state index in [2.05, 4.69) is 20.7 Å². The van der Waals surface area contributed by atoms with Crippen LogP contribution in [-0.4, -0.2) is 31.3 Å². The highest BCUT2D eigenvalue weighted by Crippen LogP contribution is 2.24. The fourth-order valence-corrected chi connectivity index (χ4v) is 2.75. The summed E-state index contributed by atoms with van der Waals surface area (Å²) in [4.78, 5) is 7.76. The first-order valence-corrected chi connectivity index (χ1v) is 7.70. The zero-order valence-electron chi connectivity index (χ0n) is 11.7. The number of pyridine rings is 1. The molecule has 3 N–H and O–H groups in total. The molecular weight excluding hydrogens is 284 g/mol. The molecule has 1 aliphatic heterocycles. The third-order valence-corrected chi connectivity index (χ3v) is 4.09. The van der Waals surface area contributed by atoms with Crippen molar-refractivity contribution >= 4 is 29.1 Å². The van der Waals surface area contributed by atoms with Crippen molar-refractivity contribution in [3.63, 3.8) is 0 Å². The lowest BCUT2D eigenvalue weighted by Crippen LogP contribution is -2.36. The molecule has 0 unspecified atom stereocenters. The van der Waals surface area contributed by atoms with Gasteiger partial charge in [0.25, 0.3) is 0 Å². The Balaban J connectivity index is 1.64. The van der Waals surface area contributed by atoms with Gasteiger partial charge in [-0.1, -0.05) is 0 Å². The predicted octanol–water partition coefficient (Wildman–Crippen LogP) is 2.62. The van der Waals surface area contributed by atoms with Crippen LogP contribution in [-0.2, 0) is 4.74 Å². The Morgan fingerprint density at radius 1 is 1.14 bits per heavy atom. The summed E-state index contributed by atoms with van der Waals surface area (Å²) in [5.74, 6) is 0.848. The number of rotatable bonds is 4. The van der Waals surface area contributed by atoms with Crippen LogP contribution in [0.5, 0.6) is 0 Å².